The number of benzene rings is 3. The average Bonchev–Trinajstić information content (AvgIpc) is 3.77. The highest BCUT2D eigenvalue weighted by Crippen LogP contribution is 2.42. The standard InChI is InChI=1S/C34H34N2O6S/c1-41-29-19-23(6-7-24(29)21-35-14-2-3-15-35)32(38)31-27-13-10-25(37)20-30(27)43-33(31)22-8-11-26(12-9-22)42-18-17-36-16-4-5-28(36)34(39)40/h6-14,19-20,28H,2-5,15-18,21H2,1H3,(H-,37,39,40)/p+1/t28-/m0/s1. The van der Waals surface area contributed by atoms with Crippen molar-refractivity contribution in [1.29, 1.82) is 0 Å². The summed E-state index contributed by atoms with van der Waals surface area (Å²) in [7, 11) is 1.63. The normalized spacial score (nSPS) is 16.9. The van der Waals surface area contributed by atoms with Crippen LogP contribution in [0.25, 0.3) is 20.5 Å². The molecule has 1 saturated heterocycles. The zero-order chi connectivity index (χ0) is 29.9. The number of ether oxygens (including phenoxy) is 2. The Morgan fingerprint density at radius 1 is 1.07 bits per heavy atom. The van der Waals surface area contributed by atoms with Crippen LogP contribution in [0.3, 0.4) is 0 Å². The Kier molecular flexibility index (Phi) is 8.44. The molecule has 1 atom stereocenters. The summed E-state index contributed by atoms with van der Waals surface area (Å²) in [5, 5.41) is 20.4. The summed E-state index contributed by atoms with van der Waals surface area (Å²) in [5.74, 6) is 0.630. The summed E-state index contributed by atoms with van der Waals surface area (Å²) in [6, 6.07) is 17.9. The summed E-state index contributed by atoms with van der Waals surface area (Å²) in [5.41, 5.74) is 3.04. The second-order valence-corrected chi connectivity index (χ2v) is 12.1. The minimum atomic E-state index is -0.779. The predicted octanol–water partition coefficient (Wildman–Crippen LogP) is 5.82. The lowest BCUT2D eigenvalue weighted by Gasteiger charge is -2.20. The summed E-state index contributed by atoms with van der Waals surface area (Å²) in [6.45, 7) is 3.48. The van der Waals surface area contributed by atoms with Gasteiger partial charge >= 0.3 is 5.97 Å². The van der Waals surface area contributed by atoms with Gasteiger partial charge < -0.3 is 19.7 Å². The monoisotopic (exact) mass is 599 g/mol. The number of hydrogen-bond acceptors (Lipinski definition) is 7. The molecule has 0 unspecified atom stereocenters. The molecule has 4 aromatic rings. The summed E-state index contributed by atoms with van der Waals surface area (Å²) in [4.78, 5) is 28.3. The van der Waals surface area contributed by atoms with Gasteiger partial charge in [0, 0.05) is 45.5 Å². The number of nitrogens with zero attached hydrogens (tertiary/aromatic N) is 2. The van der Waals surface area contributed by atoms with E-state index in [0.29, 0.717) is 42.2 Å². The number of carbonyl (C=O) groups is 2. The van der Waals surface area contributed by atoms with Crippen molar-refractivity contribution in [1.82, 2.24) is 4.90 Å². The number of phenolic OH excluding ortho intramolecular Hbond substituents is 1. The molecule has 3 aromatic carbocycles. The number of fused-ring (bicyclic) bond motifs is 1. The van der Waals surface area contributed by atoms with Gasteiger partial charge in [0.1, 0.15) is 42.7 Å². The number of ketones is 1. The second-order valence-electron chi connectivity index (χ2n) is 11.0. The van der Waals surface area contributed by atoms with Gasteiger partial charge in [0.15, 0.2) is 12.3 Å². The van der Waals surface area contributed by atoms with Crippen LogP contribution in [0.2, 0.25) is 0 Å². The van der Waals surface area contributed by atoms with Gasteiger partial charge in [0.05, 0.1) is 12.7 Å². The lowest BCUT2D eigenvalue weighted by atomic mass is 9.96. The first-order valence-electron chi connectivity index (χ1n) is 14.7. The molecular weight excluding hydrogens is 564 g/mol. The Labute approximate surface area is 254 Å². The van der Waals surface area contributed by atoms with Crippen LogP contribution in [0.1, 0.15) is 47.2 Å². The van der Waals surface area contributed by atoms with Crippen molar-refractivity contribution in [3.8, 4) is 27.7 Å². The van der Waals surface area contributed by atoms with E-state index < -0.39 is 12.0 Å². The number of rotatable bonds is 11. The highest BCUT2D eigenvalue weighted by Gasteiger charge is 2.30. The lowest BCUT2D eigenvalue weighted by molar-refractivity contribution is -0.532. The smallest absolute Gasteiger partial charge is 0.320 e. The molecular formula is C34H35N2O6S+. The fourth-order valence-corrected chi connectivity index (χ4v) is 7.29. The Balaban J connectivity index is 1.25. The number of hydrogen-bond donors (Lipinski definition) is 2. The Morgan fingerprint density at radius 2 is 1.91 bits per heavy atom. The maximum absolute atomic E-state index is 14.1. The molecule has 2 N–H and O–H groups in total. The van der Waals surface area contributed by atoms with Gasteiger partial charge in [-0.1, -0.05) is 6.07 Å². The molecule has 2 aliphatic heterocycles. The second kappa shape index (κ2) is 12.6. The number of methoxy groups -OCH3 is 1. The number of carboxylic acid groups (broad SMARTS) is 1. The Bertz CT molecular complexity index is 1690. The first-order valence-corrected chi connectivity index (χ1v) is 15.5. The number of carboxylic acids is 1. The van der Waals surface area contributed by atoms with E-state index in [-0.39, 0.29) is 11.5 Å². The Morgan fingerprint density at radius 3 is 2.65 bits per heavy atom. The van der Waals surface area contributed by atoms with Crippen LogP contribution in [-0.2, 0) is 11.3 Å². The van der Waals surface area contributed by atoms with Crippen molar-refractivity contribution in [3.05, 3.63) is 77.4 Å². The van der Waals surface area contributed by atoms with E-state index >= 15 is 0 Å². The summed E-state index contributed by atoms with van der Waals surface area (Å²) < 4.78 is 14.8. The lowest BCUT2D eigenvalue weighted by Crippen LogP contribution is -2.38. The largest absolute Gasteiger partial charge is 0.508 e. The molecule has 1 fully saturated rings. The first kappa shape index (κ1) is 28.9. The molecule has 9 heteroatoms. The minimum absolute atomic E-state index is 0.108. The van der Waals surface area contributed by atoms with Crippen molar-refractivity contribution in [2.45, 2.75) is 38.3 Å². The molecule has 0 radical (unpaired) electrons. The molecule has 8 nitrogen and oxygen atoms in total. The molecule has 0 spiro atoms. The van der Waals surface area contributed by atoms with E-state index in [1.165, 1.54) is 11.3 Å². The summed E-state index contributed by atoms with van der Waals surface area (Å²) >= 11 is 1.47. The maximum atomic E-state index is 14.1. The van der Waals surface area contributed by atoms with Gasteiger partial charge in [-0.3, -0.25) is 14.5 Å². The number of thiophene rings is 1. The van der Waals surface area contributed by atoms with Crippen LogP contribution >= 0.6 is 11.3 Å². The third kappa shape index (κ3) is 6.14. The fourth-order valence-electron chi connectivity index (χ4n) is 6.05. The molecule has 2 aliphatic rings. The van der Waals surface area contributed by atoms with Gasteiger partial charge in [-0.05, 0) is 79.5 Å². The van der Waals surface area contributed by atoms with E-state index in [0.717, 1.165) is 65.0 Å². The number of carbonyl (C=O) groups excluding carboxylic acids is 1. The van der Waals surface area contributed by atoms with Gasteiger partial charge in [-0.25, -0.2) is 4.58 Å². The fraction of sp³-hybridized carbons (Fsp3) is 0.324. The van der Waals surface area contributed by atoms with Crippen molar-refractivity contribution < 1.29 is 33.9 Å². The van der Waals surface area contributed by atoms with Crippen LogP contribution in [0.4, 0.5) is 0 Å². The van der Waals surface area contributed by atoms with Crippen molar-refractivity contribution in [2.24, 2.45) is 0 Å². The van der Waals surface area contributed by atoms with Crippen LogP contribution in [0.5, 0.6) is 17.2 Å². The summed E-state index contributed by atoms with van der Waals surface area (Å²) in [6.07, 6.45) is 6.01. The molecule has 0 aliphatic carbocycles. The highest BCUT2D eigenvalue weighted by atomic mass is 32.1. The number of aromatic hydroxyl groups is 1. The molecule has 222 valence electrons. The van der Waals surface area contributed by atoms with Crippen LogP contribution in [0.15, 0.2) is 60.7 Å². The van der Waals surface area contributed by atoms with Gasteiger partial charge in [0.2, 0.25) is 0 Å². The molecule has 6 rings (SSSR count). The van der Waals surface area contributed by atoms with E-state index in [2.05, 4.69) is 10.8 Å². The molecule has 1 aromatic heterocycles. The van der Waals surface area contributed by atoms with Crippen LogP contribution in [-0.4, -0.2) is 77.0 Å². The SMILES string of the molecule is COc1cc(C(=O)c2c(-c3ccc(OCCN4CCC[C@H]4C(=O)O)cc3)sc3cc(O)ccc23)ccc1C[N+]1=CCCC1. The van der Waals surface area contributed by atoms with E-state index in [4.69, 9.17) is 9.47 Å². The van der Waals surface area contributed by atoms with Gasteiger partial charge in [-0.15, -0.1) is 11.3 Å². The number of phenols is 1. The zero-order valence-corrected chi connectivity index (χ0v) is 24.9. The van der Waals surface area contributed by atoms with Crippen molar-refractivity contribution >= 4 is 39.4 Å². The zero-order valence-electron chi connectivity index (χ0n) is 24.1. The average molecular weight is 600 g/mol. The third-order valence-electron chi connectivity index (χ3n) is 8.27. The number of aliphatic carboxylic acids is 1. The van der Waals surface area contributed by atoms with Crippen LogP contribution in [0, 0.1) is 0 Å². The van der Waals surface area contributed by atoms with Crippen molar-refractivity contribution in [2.75, 3.05) is 33.4 Å². The predicted molar refractivity (Wildman–Crippen MR) is 167 cm³/mol. The van der Waals surface area contributed by atoms with Gasteiger partial charge in [-0.2, -0.15) is 0 Å². The van der Waals surface area contributed by atoms with Crippen molar-refractivity contribution in [3.63, 3.8) is 0 Å². The molecule has 0 bridgehead atoms. The topological polar surface area (TPSA) is 99.3 Å². The Hall–Kier alpha value is -4.21. The quantitative estimate of drug-likeness (QED) is 0.166. The van der Waals surface area contributed by atoms with Crippen LogP contribution < -0.4 is 9.47 Å². The highest BCUT2D eigenvalue weighted by molar-refractivity contribution is 7.22. The maximum Gasteiger partial charge on any atom is 0.320 e. The molecule has 0 saturated carbocycles. The van der Waals surface area contributed by atoms with Gasteiger partial charge in [0.25, 0.3) is 0 Å². The number of likely N-dealkylation sites (tertiary alicyclic amines) is 1. The minimum Gasteiger partial charge on any atom is -0.508 e. The van der Waals surface area contributed by atoms with E-state index in [1.807, 2.05) is 47.4 Å². The molecule has 43 heavy (non-hydrogen) atoms. The van der Waals surface area contributed by atoms with E-state index in [9.17, 15) is 19.8 Å². The first-order chi connectivity index (χ1) is 20.9. The molecule has 0 amide bonds. The molecule has 3 heterocycles. The van der Waals surface area contributed by atoms with E-state index in [1.54, 1.807) is 25.3 Å². The third-order valence-corrected chi connectivity index (χ3v) is 9.47.